The number of benzene rings is 3. The second-order valence-corrected chi connectivity index (χ2v) is 14.9. The number of aromatic nitrogens is 2. The third-order valence-electron chi connectivity index (χ3n) is 10.4. The molecule has 4 N–H and O–H groups in total. The van der Waals surface area contributed by atoms with E-state index in [0.29, 0.717) is 60.3 Å². The van der Waals surface area contributed by atoms with Crippen molar-refractivity contribution in [1.29, 1.82) is 15.8 Å². The molecule has 62 heavy (non-hydrogen) atoms. The second kappa shape index (κ2) is 22.0. The van der Waals surface area contributed by atoms with Crippen LogP contribution in [0.2, 0.25) is 0 Å². The number of aryl methyl sites for hydroxylation is 2. The quantitative estimate of drug-likeness (QED) is 0.0594. The van der Waals surface area contributed by atoms with Crippen molar-refractivity contribution in [2.75, 3.05) is 39.5 Å². The largest absolute Gasteiger partial charge is 0.492 e. The van der Waals surface area contributed by atoms with E-state index in [1.807, 2.05) is 86.7 Å². The Bertz CT molecular complexity index is 2370. The molecule has 13 heteroatoms. The number of allylic oxidation sites excluding steroid dienone is 3. The van der Waals surface area contributed by atoms with Gasteiger partial charge in [0.1, 0.15) is 61.6 Å². The lowest BCUT2D eigenvalue weighted by Gasteiger charge is -2.38. The first-order valence-corrected chi connectivity index (χ1v) is 20.2. The maximum Gasteiger partial charge on any atom is 0.128 e. The molecule has 0 saturated heterocycles. The van der Waals surface area contributed by atoms with Gasteiger partial charge in [0, 0.05) is 85.4 Å². The number of pyridine rings is 2. The molecule has 0 spiro atoms. The number of hydrogen-bond acceptors (Lipinski definition) is 13. The van der Waals surface area contributed by atoms with E-state index in [0.717, 1.165) is 44.5 Å². The van der Waals surface area contributed by atoms with E-state index in [-0.39, 0.29) is 39.6 Å². The molecule has 0 bridgehead atoms. The first-order chi connectivity index (χ1) is 30.3. The highest BCUT2D eigenvalue weighted by Gasteiger charge is 2.43. The number of rotatable bonds is 21. The van der Waals surface area contributed by atoms with Crippen LogP contribution in [-0.4, -0.2) is 59.7 Å². The maximum absolute atomic E-state index is 11.0. The van der Waals surface area contributed by atoms with Gasteiger partial charge >= 0.3 is 0 Å². The van der Waals surface area contributed by atoms with E-state index in [9.17, 15) is 26.0 Å². The molecule has 5 aromatic rings. The molecule has 2 heterocycles. The zero-order valence-electron chi connectivity index (χ0n) is 34.8. The van der Waals surface area contributed by atoms with Gasteiger partial charge in [-0.3, -0.25) is 9.97 Å². The Kier molecular flexibility index (Phi) is 15.8. The summed E-state index contributed by atoms with van der Waals surface area (Å²) in [6.07, 6.45) is 12.2. The van der Waals surface area contributed by atoms with E-state index in [2.05, 4.69) is 38.8 Å². The van der Waals surface area contributed by atoms with Crippen LogP contribution in [0.5, 0.6) is 23.0 Å². The van der Waals surface area contributed by atoms with Crippen molar-refractivity contribution in [2.45, 2.75) is 40.2 Å². The predicted octanol–water partition coefficient (Wildman–Crippen LogP) is 6.40. The molecule has 1 aliphatic rings. The lowest BCUT2D eigenvalue weighted by atomic mass is 9.69. The molecule has 0 saturated carbocycles. The average Bonchev–Trinajstić information content (AvgIpc) is 3.30. The minimum absolute atomic E-state index is 0.0184. The van der Waals surface area contributed by atoms with Gasteiger partial charge in [0.15, 0.2) is 0 Å². The van der Waals surface area contributed by atoms with Crippen LogP contribution < -0.4 is 29.6 Å². The molecule has 1 aliphatic carbocycles. The normalized spacial score (nSPS) is 13.9. The molecule has 13 nitrogen and oxygen atoms in total. The highest BCUT2D eigenvalue weighted by atomic mass is 16.5. The van der Waals surface area contributed by atoms with Crippen LogP contribution in [0, 0.1) is 59.2 Å². The lowest BCUT2D eigenvalue weighted by molar-refractivity contribution is 0.100. The minimum Gasteiger partial charge on any atom is -0.492 e. The van der Waals surface area contributed by atoms with Crippen molar-refractivity contribution in [3.8, 4) is 41.2 Å². The van der Waals surface area contributed by atoms with Gasteiger partial charge in [-0.25, -0.2) is 0 Å². The first-order valence-electron chi connectivity index (χ1n) is 20.2. The van der Waals surface area contributed by atoms with Crippen LogP contribution >= 0.6 is 0 Å². The smallest absolute Gasteiger partial charge is 0.128 e. The topological polar surface area (TPSA) is 199 Å². The molecule has 0 radical (unpaired) electrons. The van der Waals surface area contributed by atoms with Crippen LogP contribution in [-0.2, 0) is 26.3 Å². The third-order valence-corrected chi connectivity index (χ3v) is 10.4. The maximum atomic E-state index is 11.0. The average molecular weight is 832 g/mol. The fourth-order valence-corrected chi connectivity index (χ4v) is 7.16. The fraction of sp³-hybridized carbons (Fsp3) is 0.286. The molecule has 3 aromatic carbocycles. The van der Waals surface area contributed by atoms with Crippen molar-refractivity contribution in [1.82, 2.24) is 20.6 Å². The highest BCUT2D eigenvalue weighted by Crippen LogP contribution is 2.44. The molecule has 0 amide bonds. The van der Waals surface area contributed by atoms with Crippen LogP contribution in [0.15, 0.2) is 110 Å². The zero-order chi connectivity index (χ0) is 43.7. The first kappa shape index (κ1) is 44.5. The summed E-state index contributed by atoms with van der Waals surface area (Å²) in [4.78, 5) is 8.33. The van der Waals surface area contributed by atoms with E-state index in [1.165, 1.54) is 12.4 Å². The Morgan fingerprint density at radius 3 is 1.65 bits per heavy atom. The monoisotopic (exact) mass is 831 g/mol. The van der Waals surface area contributed by atoms with Crippen LogP contribution in [0.3, 0.4) is 0 Å². The number of nitrogens with one attached hydrogen (secondary N) is 2. The molecule has 1 unspecified atom stereocenters. The van der Waals surface area contributed by atoms with E-state index < -0.39 is 11.3 Å². The van der Waals surface area contributed by atoms with Crippen molar-refractivity contribution < 1.29 is 29.2 Å². The summed E-state index contributed by atoms with van der Waals surface area (Å²) in [5.41, 5.74) is 6.46. The van der Waals surface area contributed by atoms with E-state index >= 15 is 0 Å². The van der Waals surface area contributed by atoms with Crippen molar-refractivity contribution in [3.63, 3.8) is 0 Å². The third kappa shape index (κ3) is 11.4. The Labute approximate surface area is 362 Å². The minimum atomic E-state index is -0.981. The van der Waals surface area contributed by atoms with Crippen molar-refractivity contribution >= 4 is 5.57 Å². The van der Waals surface area contributed by atoms with Gasteiger partial charge in [-0.05, 0) is 60.4 Å². The second-order valence-electron chi connectivity index (χ2n) is 14.9. The zero-order valence-corrected chi connectivity index (χ0v) is 34.8. The molecule has 6 rings (SSSR count). The number of nitrogens with zero attached hydrogens (tertiary/aromatic N) is 5. The summed E-state index contributed by atoms with van der Waals surface area (Å²) in [7, 11) is 0. The molecular weight excluding hydrogens is 783 g/mol. The summed E-state index contributed by atoms with van der Waals surface area (Å²) in [5.74, 6) is 1.53. The molecule has 1 atom stereocenters. The van der Waals surface area contributed by atoms with Crippen molar-refractivity contribution in [3.05, 3.63) is 160 Å². The van der Waals surface area contributed by atoms with Gasteiger partial charge in [-0.1, -0.05) is 48.6 Å². The number of hydrogen-bond donors (Lipinski definition) is 4. The lowest BCUT2D eigenvalue weighted by Crippen LogP contribution is -2.41. The molecule has 0 fully saturated rings. The molecule has 0 aliphatic heterocycles. The summed E-state index contributed by atoms with van der Waals surface area (Å²) in [6.45, 7) is 5.96. The summed E-state index contributed by atoms with van der Waals surface area (Å²) >= 11 is 0. The predicted molar refractivity (Wildman–Crippen MR) is 233 cm³/mol. The summed E-state index contributed by atoms with van der Waals surface area (Å²) in [6, 6.07) is 27.7. The van der Waals surface area contributed by atoms with Crippen LogP contribution in [0.4, 0.5) is 0 Å². The Morgan fingerprint density at radius 1 is 0.661 bits per heavy atom. The summed E-state index contributed by atoms with van der Waals surface area (Å²) in [5, 5.41) is 55.1. The highest BCUT2D eigenvalue weighted by molar-refractivity contribution is 5.73. The Hall–Kier alpha value is -7.05. The fourth-order valence-electron chi connectivity index (χ4n) is 7.16. The van der Waals surface area contributed by atoms with Gasteiger partial charge < -0.3 is 39.8 Å². The number of aliphatic hydroxyl groups excluding tert-OH is 2. The SMILES string of the molecule is Cc1cc(CNCCO)c(OCc2cncc(C#N)c2)cc1OCC1(COc2cc(OCc3cncc(C#N)c3)c(CNCCO)cc2C)C=CC=C(c2ccccc2)C1C#N. The van der Waals surface area contributed by atoms with Gasteiger partial charge in [0.05, 0.1) is 41.7 Å². The Morgan fingerprint density at radius 2 is 1.18 bits per heavy atom. The number of ether oxygens (including phenoxy) is 4. The molecule has 316 valence electrons. The van der Waals surface area contributed by atoms with E-state index in [4.69, 9.17) is 18.9 Å². The molecular formula is C49H49N7O6. The Balaban J connectivity index is 1.32. The van der Waals surface area contributed by atoms with Gasteiger partial charge in [0.2, 0.25) is 0 Å². The van der Waals surface area contributed by atoms with E-state index in [1.54, 1.807) is 24.5 Å². The van der Waals surface area contributed by atoms with Crippen molar-refractivity contribution in [2.24, 2.45) is 11.3 Å². The standard InChI is InChI=1S/C49H49N7O6/c1-34-15-41(28-53-11-13-57)47(59-30-38-17-36(21-50)24-55-26-38)19-45(34)61-32-49(10-6-9-43(44(49)23-52)40-7-4-3-5-8-40)33-62-46-20-48(42(16-35(46)2)29-54-12-14-58)60-31-39-18-37(22-51)25-56-27-39/h3-10,15-20,24-27,44,53-54,57-58H,11-14,28-33H2,1-2H3. The van der Waals surface area contributed by atoms with Gasteiger partial charge in [-0.15, -0.1) is 0 Å². The van der Waals surface area contributed by atoms with Crippen LogP contribution in [0.1, 0.15) is 50.1 Å². The number of nitriles is 3. The number of aliphatic hydroxyl groups is 2. The summed E-state index contributed by atoms with van der Waals surface area (Å²) < 4.78 is 26.2. The van der Waals surface area contributed by atoms with Gasteiger partial charge in [0.25, 0.3) is 0 Å². The molecule has 2 aromatic heterocycles. The van der Waals surface area contributed by atoms with Crippen LogP contribution in [0.25, 0.3) is 5.57 Å². The van der Waals surface area contributed by atoms with Gasteiger partial charge in [-0.2, -0.15) is 15.8 Å².